The molecular weight excluding hydrogens is 760 g/mol. The molecule has 1 aliphatic heterocycles. The summed E-state index contributed by atoms with van der Waals surface area (Å²) in [5.41, 5.74) is -2.60. The van der Waals surface area contributed by atoms with Gasteiger partial charge in [-0.3, -0.25) is 0 Å². The van der Waals surface area contributed by atoms with Gasteiger partial charge in [-0.25, -0.2) is 19.2 Å². The summed E-state index contributed by atoms with van der Waals surface area (Å²) in [6, 6.07) is 5.06. The minimum Gasteiger partial charge on any atom is -0.504 e. The van der Waals surface area contributed by atoms with Crippen molar-refractivity contribution in [2.24, 2.45) is 0 Å². The van der Waals surface area contributed by atoms with Crippen molar-refractivity contribution in [1.82, 2.24) is 0 Å². The van der Waals surface area contributed by atoms with Gasteiger partial charge >= 0.3 is 23.9 Å². The van der Waals surface area contributed by atoms with Gasteiger partial charge in [0.25, 0.3) is 0 Å². The van der Waals surface area contributed by atoms with Gasteiger partial charge in [0.2, 0.25) is 6.29 Å². The van der Waals surface area contributed by atoms with E-state index in [-0.39, 0.29) is 0 Å². The number of benzene rings is 4. The fourth-order valence-electron chi connectivity index (χ4n) is 5.08. The van der Waals surface area contributed by atoms with Crippen LogP contribution in [0.25, 0.3) is 0 Å². The van der Waals surface area contributed by atoms with Crippen LogP contribution in [-0.4, -0.2) is 128 Å². The number of aliphatic hydroxyl groups is 1. The molecule has 0 radical (unpaired) electrons. The largest absolute Gasteiger partial charge is 0.504 e. The molecule has 13 N–H and O–H groups in total. The number of phenolic OH excluding ortho intramolecular Hbond substituents is 12. The van der Waals surface area contributed by atoms with E-state index in [0.29, 0.717) is 48.5 Å². The molecule has 1 heterocycles. The van der Waals surface area contributed by atoms with Crippen LogP contribution in [0.5, 0.6) is 69.0 Å². The molecule has 5 rings (SSSR count). The predicted molar refractivity (Wildman–Crippen MR) is 175 cm³/mol. The Hall–Kier alpha value is -7.72. The van der Waals surface area contributed by atoms with Crippen LogP contribution in [-0.2, 0) is 23.7 Å². The van der Waals surface area contributed by atoms with Crippen molar-refractivity contribution in [1.29, 1.82) is 0 Å². The fourth-order valence-corrected chi connectivity index (χ4v) is 5.08. The smallest absolute Gasteiger partial charge is 0.340 e. The minimum atomic E-state index is -2.40. The zero-order valence-corrected chi connectivity index (χ0v) is 27.7. The molecule has 1 aliphatic rings. The molecule has 0 saturated carbocycles. The van der Waals surface area contributed by atoms with E-state index in [2.05, 4.69) is 0 Å². The highest BCUT2D eigenvalue weighted by Gasteiger charge is 2.52. The summed E-state index contributed by atoms with van der Waals surface area (Å²) in [6.07, 6.45) is -11.2. The molecule has 22 nitrogen and oxygen atoms in total. The Morgan fingerprint density at radius 2 is 0.732 bits per heavy atom. The van der Waals surface area contributed by atoms with Crippen LogP contribution in [0, 0.1) is 0 Å². The molecule has 4 aromatic rings. The highest BCUT2D eigenvalue weighted by molar-refractivity contribution is 5.93. The zero-order valence-electron chi connectivity index (χ0n) is 27.7. The van der Waals surface area contributed by atoms with E-state index in [9.17, 15) is 85.6 Å². The van der Waals surface area contributed by atoms with Crippen LogP contribution in [0.15, 0.2) is 48.5 Å². The third-order valence-corrected chi connectivity index (χ3v) is 7.93. The molecule has 22 heteroatoms. The summed E-state index contributed by atoms with van der Waals surface area (Å²) in [5, 5.41) is 129. The number of aromatic hydroxyl groups is 12. The van der Waals surface area contributed by atoms with E-state index in [0.717, 1.165) is 0 Å². The van der Waals surface area contributed by atoms with Crippen LogP contribution >= 0.6 is 0 Å². The van der Waals surface area contributed by atoms with Gasteiger partial charge in [-0.15, -0.1) is 0 Å². The summed E-state index contributed by atoms with van der Waals surface area (Å²) in [6.45, 7) is -1.09. The van der Waals surface area contributed by atoms with Gasteiger partial charge in [-0.1, -0.05) is 0 Å². The molecule has 4 aromatic carbocycles. The van der Waals surface area contributed by atoms with E-state index in [1.165, 1.54) is 0 Å². The lowest BCUT2D eigenvalue weighted by Crippen LogP contribution is -2.62. The molecule has 0 amide bonds. The molecule has 296 valence electrons. The molecule has 1 fully saturated rings. The number of hydrogen-bond acceptors (Lipinski definition) is 22. The Morgan fingerprint density at radius 3 is 1.07 bits per heavy atom. The Labute approximate surface area is 310 Å². The van der Waals surface area contributed by atoms with Crippen LogP contribution in [0.3, 0.4) is 0 Å². The lowest BCUT2D eigenvalue weighted by molar-refractivity contribution is -0.283. The first-order chi connectivity index (χ1) is 26.3. The topological polar surface area (TPSA) is 377 Å². The Morgan fingerprint density at radius 1 is 0.446 bits per heavy atom. The molecule has 0 spiro atoms. The quantitative estimate of drug-likeness (QED) is 0.0630. The first-order valence-corrected chi connectivity index (χ1v) is 15.4. The van der Waals surface area contributed by atoms with Crippen LogP contribution in [0.1, 0.15) is 41.4 Å². The maximum Gasteiger partial charge on any atom is 0.340 e. The number of aliphatic hydroxyl groups excluding tert-OH is 1. The molecular formula is C34H28O22. The summed E-state index contributed by atoms with van der Waals surface area (Å²) in [5.74, 6) is -17.9. The first-order valence-electron chi connectivity index (χ1n) is 15.4. The van der Waals surface area contributed by atoms with Crippen LogP contribution in [0.4, 0.5) is 0 Å². The van der Waals surface area contributed by atoms with Gasteiger partial charge < -0.3 is 90.1 Å². The average molecular weight is 789 g/mol. The molecule has 0 aromatic heterocycles. The number of hydrogen-bond donors (Lipinski definition) is 13. The van der Waals surface area contributed by atoms with Crippen molar-refractivity contribution in [2.75, 3.05) is 6.61 Å². The number of phenols is 12. The van der Waals surface area contributed by atoms with Gasteiger partial charge in [0.05, 0.1) is 22.3 Å². The second-order valence-electron chi connectivity index (χ2n) is 11.7. The third-order valence-electron chi connectivity index (χ3n) is 7.93. The fraction of sp³-hybridized carbons (Fsp3) is 0.176. The van der Waals surface area contributed by atoms with Crippen molar-refractivity contribution in [2.45, 2.75) is 30.7 Å². The summed E-state index contributed by atoms with van der Waals surface area (Å²) < 4.78 is 26.7. The highest BCUT2D eigenvalue weighted by Crippen LogP contribution is 2.40. The maximum atomic E-state index is 13.3. The van der Waals surface area contributed by atoms with Crippen LogP contribution < -0.4 is 0 Å². The first kappa shape index (κ1) is 39.5. The van der Waals surface area contributed by atoms with E-state index < -0.39 is 152 Å². The number of carbonyl (C=O) groups is 4. The molecule has 0 aliphatic carbocycles. The van der Waals surface area contributed by atoms with Crippen molar-refractivity contribution in [3.05, 3.63) is 70.8 Å². The number of carbonyl (C=O) groups excluding carboxylic acids is 4. The number of ether oxygens (including phenoxy) is 5. The molecule has 5 atom stereocenters. The lowest BCUT2D eigenvalue weighted by atomic mass is 9.98. The zero-order chi connectivity index (χ0) is 41.3. The standard InChI is InChI=1S/C34H28O22/c35-14-1-10(2-15(36)23(14)43)30(48)52-9-22-28(54-31(49)11-3-16(37)24(44)17(38)4-11)27(47)29(55-32(50)12-5-18(39)25(45)19(40)6-12)34(53-22)56-33(51)13-7-20(41)26(46)21(42)8-13/h1-8,22,27-29,34-47H,9H2/t22-,27-,28+,29+,34-/m0/s1. The highest BCUT2D eigenvalue weighted by atomic mass is 16.7. The molecule has 0 unspecified atom stereocenters. The summed E-state index contributed by atoms with van der Waals surface area (Å²) in [4.78, 5) is 52.6. The second kappa shape index (κ2) is 15.3. The second-order valence-corrected chi connectivity index (χ2v) is 11.7. The summed E-state index contributed by atoms with van der Waals surface area (Å²) in [7, 11) is 0. The minimum absolute atomic E-state index is 0.570. The molecule has 1 saturated heterocycles. The van der Waals surface area contributed by atoms with Crippen molar-refractivity contribution < 1.29 is 109 Å². The maximum absolute atomic E-state index is 13.3. The van der Waals surface area contributed by atoms with Crippen molar-refractivity contribution in [3.63, 3.8) is 0 Å². The average Bonchev–Trinajstić information content (AvgIpc) is 3.14. The molecule has 0 bridgehead atoms. The van der Waals surface area contributed by atoms with Crippen LogP contribution in [0.2, 0.25) is 0 Å². The van der Waals surface area contributed by atoms with E-state index in [1.54, 1.807) is 0 Å². The Kier molecular flexibility index (Phi) is 10.8. The van der Waals surface area contributed by atoms with E-state index >= 15 is 0 Å². The van der Waals surface area contributed by atoms with E-state index in [1.807, 2.05) is 0 Å². The van der Waals surface area contributed by atoms with Gasteiger partial charge in [0, 0.05) is 0 Å². The number of esters is 4. The van der Waals surface area contributed by atoms with Gasteiger partial charge in [-0.05, 0) is 48.5 Å². The third kappa shape index (κ3) is 7.95. The normalized spacial score (nSPS) is 19.1. The predicted octanol–water partition coefficient (Wildman–Crippen LogP) is 0.705. The Balaban J connectivity index is 1.54. The van der Waals surface area contributed by atoms with Gasteiger partial charge in [0.15, 0.2) is 81.2 Å². The number of rotatable bonds is 9. The lowest BCUT2D eigenvalue weighted by Gasteiger charge is -2.42. The SMILES string of the molecule is O=C(OC[C@@H]1O[C@@H](OC(=O)c2cc(O)c(O)c(O)c2)[C@H](OC(=O)c2cc(O)c(O)c(O)c2)[C@@H](O)[C@@H]1OC(=O)c1cc(O)c(O)c(O)c1)c1cc(O)c(O)c(O)c1. The Bertz CT molecular complexity index is 2140. The van der Waals surface area contributed by atoms with Gasteiger partial charge in [-0.2, -0.15) is 0 Å². The monoisotopic (exact) mass is 788 g/mol. The summed E-state index contributed by atoms with van der Waals surface area (Å²) >= 11 is 0. The van der Waals surface area contributed by atoms with Crippen molar-refractivity contribution >= 4 is 23.9 Å². The molecule has 56 heavy (non-hydrogen) atoms. The van der Waals surface area contributed by atoms with E-state index in [4.69, 9.17) is 23.7 Å². The van der Waals surface area contributed by atoms with Crippen molar-refractivity contribution in [3.8, 4) is 69.0 Å². The van der Waals surface area contributed by atoms with Gasteiger partial charge in [0.1, 0.15) is 18.8 Å².